The average molecular weight is 306 g/mol. The molecule has 0 saturated heterocycles. The summed E-state index contributed by atoms with van der Waals surface area (Å²) in [5.74, 6) is 1.74. The van der Waals surface area contributed by atoms with Crippen molar-refractivity contribution in [1.82, 2.24) is 15.5 Å². The van der Waals surface area contributed by atoms with Gasteiger partial charge in [-0.05, 0) is 33.5 Å². The molecule has 0 fully saturated rings. The van der Waals surface area contributed by atoms with Crippen molar-refractivity contribution in [2.24, 2.45) is 4.99 Å². The molecule has 2 atom stereocenters. The fraction of sp³-hybridized carbons (Fsp3) is 0.588. The Morgan fingerprint density at radius 2 is 2.00 bits per heavy atom. The maximum atomic E-state index is 5.49. The highest BCUT2D eigenvalue weighted by atomic mass is 16.5. The number of hydrogen-bond acceptors (Lipinski definition) is 3. The van der Waals surface area contributed by atoms with Gasteiger partial charge in [0.2, 0.25) is 0 Å². The van der Waals surface area contributed by atoms with E-state index in [0.717, 1.165) is 24.7 Å². The van der Waals surface area contributed by atoms with Crippen molar-refractivity contribution in [3.63, 3.8) is 0 Å². The lowest BCUT2D eigenvalue weighted by Crippen LogP contribution is -2.44. The minimum Gasteiger partial charge on any atom is -0.496 e. The molecular formula is C17H30N4O. The molecule has 0 amide bonds. The standard InChI is InChI=1S/C17H30N4O/c1-7-13(2)20-17(18-3)19-12-15(21(4)5)14-10-8-9-11-16(14)22-6/h8-11,13,15H,7,12H2,1-6H3,(H2,18,19,20). The van der Waals surface area contributed by atoms with Gasteiger partial charge in [-0.3, -0.25) is 4.99 Å². The first-order valence-corrected chi connectivity index (χ1v) is 7.80. The second-order valence-electron chi connectivity index (χ2n) is 5.63. The molecule has 22 heavy (non-hydrogen) atoms. The second kappa shape index (κ2) is 9.30. The first-order valence-electron chi connectivity index (χ1n) is 7.80. The van der Waals surface area contributed by atoms with Crippen LogP contribution in [0.15, 0.2) is 29.3 Å². The summed E-state index contributed by atoms with van der Waals surface area (Å²) in [5, 5.41) is 6.79. The molecule has 1 rings (SSSR count). The lowest BCUT2D eigenvalue weighted by atomic mass is 10.0. The zero-order valence-corrected chi connectivity index (χ0v) is 14.7. The number of ether oxygens (including phenoxy) is 1. The number of guanidine groups is 1. The second-order valence-corrected chi connectivity index (χ2v) is 5.63. The van der Waals surface area contributed by atoms with Crippen LogP contribution in [0.1, 0.15) is 31.9 Å². The van der Waals surface area contributed by atoms with E-state index >= 15 is 0 Å². The first kappa shape index (κ1) is 18.3. The quantitative estimate of drug-likeness (QED) is 0.599. The summed E-state index contributed by atoms with van der Waals surface area (Å²) in [6, 6.07) is 8.74. The van der Waals surface area contributed by atoms with E-state index in [1.54, 1.807) is 14.2 Å². The van der Waals surface area contributed by atoms with E-state index in [1.165, 1.54) is 5.56 Å². The van der Waals surface area contributed by atoms with Gasteiger partial charge in [0.25, 0.3) is 0 Å². The molecule has 0 radical (unpaired) electrons. The highest BCUT2D eigenvalue weighted by molar-refractivity contribution is 5.80. The molecule has 0 bridgehead atoms. The monoisotopic (exact) mass is 306 g/mol. The van der Waals surface area contributed by atoms with Crippen LogP contribution in [0.2, 0.25) is 0 Å². The number of nitrogens with zero attached hydrogens (tertiary/aromatic N) is 2. The number of benzene rings is 1. The van der Waals surface area contributed by atoms with Crippen LogP contribution in [0.5, 0.6) is 5.75 Å². The summed E-state index contributed by atoms with van der Waals surface area (Å²) < 4.78 is 5.49. The third-order valence-corrected chi connectivity index (χ3v) is 3.80. The number of likely N-dealkylation sites (N-methyl/N-ethyl adjacent to an activating group) is 1. The average Bonchev–Trinajstić information content (AvgIpc) is 2.53. The van der Waals surface area contributed by atoms with Crippen molar-refractivity contribution in [3.05, 3.63) is 29.8 Å². The summed E-state index contributed by atoms with van der Waals surface area (Å²) in [5.41, 5.74) is 1.17. The molecular weight excluding hydrogens is 276 g/mol. The van der Waals surface area contributed by atoms with Gasteiger partial charge in [-0.25, -0.2) is 0 Å². The molecule has 0 saturated carbocycles. The number of methoxy groups -OCH3 is 1. The van der Waals surface area contributed by atoms with Crippen molar-refractivity contribution in [3.8, 4) is 5.75 Å². The third-order valence-electron chi connectivity index (χ3n) is 3.80. The smallest absolute Gasteiger partial charge is 0.191 e. The fourth-order valence-electron chi connectivity index (χ4n) is 2.24. The summed E-state index contributed by atoms with van der Waals surface area (Å²) in [7, 11) is 7.65. The molecule has 0 aromatic heterocycles. The molecule has 1 aromatic carbocycles. The Hall–Kier alpha value is -1.75. The predicted octanol–water partition coefficient (Wildman–Crippen LogP) is 2.26. The van der Waals surface area contributed by atoms with Crippen LogP contribution < -0.4 is 15.4 Å². The molecule has 5 heteroatoms. The van der Waals surface area contributed by atoms with Gasteiger partial charge in [0.05, 0.1) is 13.2 Å². The molecule has 2 unspecified atom stereocenters. The molecule has 0 spiro atoms. The zero-order chi connectivity index (χ0) is 16.5. The van der Waals surface area contributed by atoms with Crippen LogP contribution in [0.25, 0.3) is 0 Å². The van der Waals surface area contributed by atoms with Crippen molar-refractivity contribution < 1.29 is 4.74 Å². The van der Waals surface area contributed by atoms with E-state index in [0.29, 0.717) is 6.04 Å². The summed E-state index contributed by atoms with van der Waals surface area (Å²) in [4.78, 5) is 6.47. The highest BCUT2D eigenvalue weighted by Gasteiger charge is 2.18. The Bertz CT molecular complexity index is 473. The molecule has 0 heterocycles. The van der Waals surface area contributed by atoms with Crippen LogP contribution in [0.3, 0.4) is 0 Å². The van der Waals surface area contributed by atoms with Crippen LogP contribution in [0, 0.1) is 0 Å². The van der Waals surface area contributed by atoms with Crippen molar-refractivity contribution in [2.45, 2.75) is 32.4 Å². The van der Waals surface area contributed by atoms with Gasteiger partial charge >= 0.3 is 0 Å². The van der Waals surface area contributed by atoms with Gasteiger partial charge in [0.15, 0.2) is 5.96 Å². The van der Waals surface area contributed by atoms with Gasteiger partial charge in [0, 0.05) is 25.2 Å². The minimum atomic E-state index is 0.201. The largest absolute Gasteiger partial charge is 0.496 e. The van der Waals surface area contributed by atoms with Crippen LogP contribution in [-0.4, -0.2) is 51.7 Å². The SMILES string of the molecule is CCC(C)NC(=NC)NCC(c1ccccc1OC)N(C)C. The van der Waals surface area contributed by atoms with Gasteiger partial charge in [-0.15, -0.1) is 0 Å². The zero-order valence-electron chi connectivity index (χ0n) is 14.7. The summed E-state index contributed by atoms with van der Waals surface area (Å²) in [6.07, 6.45) is 1.06. The number of nitrogens with one attached hydrogen (secondary N) is 2. The molecule has 2 N–H and O–H groups in total. The topological polar surface area (TPSA) is 48.9 Å². The van der Waals surface area contributed by atoms with Gasteiger partial charge in [-0.2, -0.15) is 0 Å². The number of para-hydroxylation sites is 1. The van der Waals surface area contributed by atoms with E-state index in [-0.39, 0.29) is 6.04 Å². The highest BCUT2D eigenvalue weighted by Crippen LogP contribution is 2.27. The van der Waals surface area contributed by atoms with Gasteiger partial charge < -0.3 is 20.3 Å². The molecule has 1 aromatic rings. The fourth-order valence-corrected chi connectivity index (χ4v) is 2.24. The Kier molecular flexibility index (Phi) is 7.74. The van der Waals surface area contributed by atoms with E-state index < -0.39 is 0 Å². The lowest BCUT2D eigenvalue weighted by molar-refractivity contribution is 0.287. The third kappa shape index (κ3) is 5.22. The number of aliphatic imine (C=N–C) groups is 1. The van der Waals surface area contributed by atoms with Gasteiger partial charge in [-0.1, -0.05) is 25.1 Å². The normalized spacial score (nSPS) is 14.6. The Balaban J connectivity index is 2.81. The maximum Gasteiger partial charge on any atom is 0.191 e. The first-order chi connectivity index (χ1) is 10.5. The summed E-state index contributed by atoms with van der Waals surface area (Å²) in [6.45, 7) is 5.06. The van der Waals surface area contributed by atoms with Crippen LogP contribution in [0.4, 0.5) is 0 Å². The van der Waals surface area contributed by atoms with Crippen molar-refractivity contribution >= 4 is 5.96 Å². The Labute approximate surface area is 134 Å². The summed E-state index contributed by atoms with van der Waals surface area (Å²) >= 11 is 0. The van der Waals surface area contributed by atoms with Crippen molar-refractivity contribution in [1.29, 1.82) is 0 Å². The molecule has 0 aliphatic carbocycles. The molecule has 0 aliphatic rings. The van der Waals surface area contributed by atoms with E-state index in [9.17, 15) is 0 Å². The van der Waals surface area contributed by atoms with E-state index in [4.69, 9.17) is 4.74 Å². The Morgan fingerprint density at radius 3 is 2.55 bits per heavy atom. The van der Waals surface area contributed by atoms with E-state index in [2.05, 4.69) is 54.5 Å². The maximum absolute atomic E-state index is 5.49. The number of rotatable bonds is 7. The Morgan fingerprint density at radius 1 is 1.32 bits per heavy atom. The molecule has 0 aliphatic heterocycles. The predicted molar refractivity (Wildman–Crippen MR) is 93.7 cm³/mol. The van der Waals surface area contributed by atoms with Crippen molar-refractivity contribution in [2.75, 3.05) is 34.8 Å². The lowest BCUT2D eigenvalue weighted by Gasteiger charge is -2.27. The van der Waals surface area contributed by atoms with Gasteiger partial charge in [0.1, 0.15) is 5.75 Å². The van der Waals surface area contributed by atoms with Crippen LogP contribution in [-0.2, 0) is 0 Å². The molecule has 124 valence electrons. The van der Waals surface area contributed by atoms with E-state index in [1.807, 2.05) is 18.2 Å². The number of hydrogen-bond donors (Lipinski definition) is 2. The minimum absolute atomic E-state index is 0.201. The molecule has 5 nitrogen and oxygen atoms in total. The van der Waals surface area contributed by atoms with Crippen LogP contribution >= 0.6 is 0 Å².